The van der Waals surface area contributed by atoms with E-state index >= 15 is 0 Å². The van der Waals surface area contributed by atoms with E-state index in [4.69, 9.17) is 14.2 Å². The van der Waals surface area contributed by atoms with E-state index in [1.54, 1.807) is 6.07 Å². The van der Waals surface area contributed by atoms with E-state index in [-0.39, 0.29) is 17.9 Å². The van der Waals surface area contributed by atoms with Crippen LogP contribution in [0.5, 0.6) is 11.5 Å². The molecule has 1 aliphatic rings. The number of methoxy groups -OCH3 is 1. The van der Waals surface area contributed by atoms with Crippen LogP contribution in [0.4, 0.5) is 4.39 Å². The predicted molar refractivity (Wildman–Crippen MR) is 112 cm³/mol. The standard InChI is InChI=1S/C22H26FNO6S/c1-4-29-20-12-15-10-11-24(31(26,27)17-8-6-16(23)7-9-17)19(14-22(25)28-3)18(15)13-21(20)30-5-2/h6-9,12-13,19H,4-5,10-11,14H2,1-3H3/t19-/m1/s1. The van der Waals surface area contributed by atoms with Gasteiger partial charge in [0.2, 0.25) is 10.0 Å². The van der Waals surface area contributed by atoms with Crippen LogP contribution < -0.4 is 9.47 Å². The smallest absolute Gasteiger partial charge is 0.307 e. The fourth-order valence-electron chi connectivity index (χ4n) is 3.71. The van der Waals surface area contributed by atoms with Crippen LogP contribution in [0.2, 0.25) is 0 Å². The number of ether oxygens (including phenoxy) is 3. The SMILES string of the molecule is CCOc1cc2c(cc1OCC)[C@@H](CC(=O)OC)N(S(=O)(=O)c1ccc(F)cc1)CC2. The third kappa shape index (κ3) is 4.83. The molecule has 0 unspecified atom stereocenters. The lowest BCUT2D eigenvalue weighted by Crippen LogP contribution is -2.41. The zero-order chi connectivity index (χ0) is 22.6. The van der Waals surface area contributed by atoms with Gasteiger partial charge in [0.05, 0.1) is 37.7 Å². The summed E-state index contributed by atoms with van der Waals surface area (Å²) in [5.41, 5.74) is 1.54. The van der Waals surface area contributed by atoms with Gasteiger partial charge in [0.15, 0.2) is 11.5 Å². The largest absolute Gasteiger partial charge is 0.490 e. The van der Waals surface area contributed by atoms with Crippen molar-refractivity contribution < 1.29 is 31.8 Å². The molecule has 0 aromatic heterocycles. The van der Waals surface area contributed by atoms with Crippen molar-refractivity contribution in [2.24, 2.45) is 0 Å². The summed E-state index contributed by atoms with van der Waals surface area (Å²) in [5, 5.41) is 0. The zero-order valence-electron chi connectivity index (χ0n) is 17.8. The maximum Gasteiger partial charge on any atom is 0.307 e. The molecule has 0 bridgehead atoms. The molecule has 0 N–H and O–H groups in total. The van der Waals surface area contributed by atoms with E-state index in [0.717, 1.165) is 17.7 Å². The quantitative estimate of drug-likeness (QED) is 0.572. The number of sulfonamides is 1. The van der Waals surface area contributed by atoms with E-state index in [2.05, 4.69) is 0 Å². The van der Waals surface area contributed by atoms with Gasteiger partial charge >= 0.3 is 5.97 Å². The second-order valence-corrected chi connectivity index (χ2v) is 8.87. The molecule has 0 saturated heterocycles. The molecule has 7 nitrogen and oxygen atoms in total. The minimum Gasteiger partial charge on any atom is -0.490 e. The lowest BCUT2D eigenvalue weighted by atomic mass is 9.91. The van der Waals surface area contributed by atoms with Gasteiger partial charge in [-0.15, -0.1) is 0 Å². The highest BCUT2D eigenvalue weighted by molar-refractivity contribution is 7.89. The average molecular weight is 452 g/mol. The van der Waals surface area contributed by atoms with Gasteiger partial charge in [0.25, 0.3) is 0 Å². The van der Waals surface area contributed by atoms with Crippen LogP contribution in [0.3, 0.4) is 0 Å². The van der Waals surface area contributed by atoms with Crippen molar-refractivity contribution in [1.82, 2.24) is 4.31 Å². The molecule has 168 valence electrons. The van der Waals surface area contributed by atoms with Crippen molar-refractivity contribution in [2.45, 2.75) is 37.6 Å². The van der Waals surface area contributed by atoms with Crippen LogP contribution >= 0.6 is 0 Å². The van der Waals surface area contributed by atoms with E-state index in [1.165, 1.54) is 23.5 Å². The molecule has 0 radical (unpaired) electrons. The highest BCUT2D eigenvalue weighted by Crippen LogP contribution is 2.42. The van der Waals surface area contributed by atoms with E-state index < -0.39 is 27.9 Å². The molecular formula is C22H26FNO6S. The second-order valence-electron chi connectivity index (χ2n) is 6.98. The number of carbonyl (C=O) groups excluding carboxylic acids is 1. The first-order chi connectivity index (χ1) is 14.8. The van der Waals surface area contributed by atoms with Gasteiger partial charge in [-0.2, -0.15) is 4.31 Å². The number of carbonyl (C=O) groups is 1. The first-order valence-electron chi connectivity index (χ1n) is 10.1. The molecule has 0 spiro atoms. The Morgan fingerprint density at radius 2 is 1.71 bits per heavy atom. The fraction of sp³-hybridized carbons (Fsp3) is 0.409. The molecular weight excluding hydrogens is 425 g/mol. The van der Waals surface area contributed by atoms with Crippen molar-refractivity contribution in [3.63, 3.8) is 0 Å². The van der Waals surface area contributed by atoms with Gasteiger partial charge in [-0.05, 0) is 67.8 Å². The molecule has 2 aromatic rings. The molecule has 1 atom stereocenters. The zero-order valence-corrected chi connectivity index (χ0v) is 18.6. The molecule has 31 heavy (non-hydrogen) atoms. The van der Waals surface area contributed by atoms with Crippen LogP contribution in [-0.4, -0.2) is 45.6 Å². The van der Waals surface area contributed by atoms with Gasteiger partial charge in [-0.1, -0.05) is 0 Å². The Balaban J connectivity index is 2.10. The summed E-state index contributed by atoms with van der Waals surface area (Å²) in [6.07, 6.45) is 0.267. The van der Waals surface area contributed by atoms with Crippen molar-refractivity contribution in [1.29, 1.82) is 0 Å². The Hall–Kier alpha value is -2.65. The minimum absolute atomic E-state index is 0.0387. The van der Waals surface area contributed by atoms with Crippen LogP contribution in [-0.2, 0) is 26.0 Å². The van der Waals surface area contributed by atoms with Crippen LogP contribution in [0, 0.1) is 5.82 Å². The molecule has 0 saturated carbocycles. The van der Waals surface area contributed by atoms with Gasteiger partial charge < -0.3 is 14.2 Å². The van der Waals surface area contributed by atoms with Gasteiger partial charge in [0, 0.05) is 6.54 Å². The summed E-state index contributed by atoms with van der Waals surface area (Å²) in [6, 6.07) is 7.43. The van der Waals surface area contributed by atoms with Gasteiger partial charge in [-0.3, -0.25) is 4.79 Å². The highest BCUT2D eigenvalue weighted by Gasteiger charge is 2.38. The topological polar surface area (TPSA) is 82.1 Å². The Morgan fingerprint density at radius 3 is 2.29 bits per heavy atom. The average Bonchev–Trinajstić information content (AvgIpc) is 2.75. The number of esters is 1. The number of benzene rings is 2. The van der Waals surface area contributed by atoms with Crippen molar-refractivity contribution in [3.05, 3.63) is 53.3 Å². The first kappa shape index (κ1) is 23.0. The van der Waals surface area contributed by atoms with E-state index in [9.17, 15) is 17.6 Å². The van der Waals surface area contributed by atoms with Crippen LogP contribution in [0.15, 0.2) is 41.3 Å². The number of halogens is 1. The van der Waals surface area contributed by atoms with Crippen LogP contribution in [0.25, 0.3) is 0 Å². The number of hydrogen-bond donors (Lipinski definition) is 0. The summed E-state index contributed by atoms with van der Waals surface area (Å²) >= 11 is 0. The molecule has 0 amide bonds. The Labute approximate surface area is 181 Å². The van der Waals surface area contributed by atoms with E-state index in [1.807, 2.05) is 19.9 Å². The number of nitrogens with zero attached hydrogens (tertiary/aromatic N) is 1. The molecule has 0 fully saturated rings. The third-order valence-electron chi connectivity index (χ3n) is 5.12. The second kappa shape index (κ2) is 9.65. The Morgan fingerprint density at radius 1 is 1.10 bits per heavy atom. The summed E-state index contributed by atoms with van der Waals surface area (Å²) in [4.78, 5) is 12.1. The highest BCUT2D eigenvalue weighted by atomic mass is 32.2. The number of hydrogen-bond acceptors (Lipinski definition) is 6. The Kier molecular flexibility index (Phi) is 7.17. The molecule has 1 heterocycles. The van der Waals surface area contributed by atoms with E-state index in [0.29, 0.717) is 36.7 Å². The van der Waals surface area contributed by atoms with Gasteiger partial charge in [-0.25, -0.2) is 12.8 Å². The predicted octanol–water partition coefficient (Wildman–Crippen LogP) is 3.47. The third-order valence-corrected chi connectivity index (χ3v) is 7.04. The number of fused-ring (bicyclic) bond motifs is 1. The van der Waals surface area contributed by atoms with Crippen molar-refractivity contribution >= 4 is 16.0 Å². The number of rotatable bonds is 8. The summed E-state index contributed by atoms with van der Waals surface area (Å²) in [7, 11) is -2.72. The summed E-state index contributed by atoms with van der Waals surface area (Å²) < 4.78 is 57.5. The summed E-state index contributed by atoms with van der Waals surface area (Å²) in [5.74, 6) is -0.00313. The molecule has 9 heteroatoms. The molecule has 2 aromatic carbocycles. The normalized spacial score (nSPS) is 16.5. The van der Waals surface area contributed by atoms with Crippen molar-refractivity contribution in [3.8, 4) is 11.5 Å². The fourth-order valence-corrected chi connectivity index (χ4v) is 5.31. The first-order valence-corrected chi connectivity index (χ1v) is 11.5. The summed E-state index contributed by atoms with van der Waals surface area (Å²) in [6.45, 7) is 4.72. The monoisotopic (exact) mass is 451 g/mol. The maximum absolute atomic E-state index is 13.4. The molecule has 1 aliphatic heterocycles. The van der Waals surface area contributed by atoms with Crippen molar-refractivity contribution in [2.75, 3.05) is 26.9 Å². The molecule has 3 rings (SSSR count). The maximum atomic E-state index is 13.4. The minimum atomic E-state index is -3.98. The molecule has 0 aliphatic carbocycles. The Bertz CT molecular complexity index is 1040. The van der Waals surface area contributed by atoms with Crippen LogP contribution in [0.1, 0.15) is 37.4 Å². The van der Waals surface area contributed by atoms with Gasteiger partial charge in [0.1, 0.15) is 5.82 Å². The lowest BCUT2D eigenvalue weighted by Gasteiger charge is -2.36. The lowest BCUT2D eigenvalue weighted by molar-refractivity contribution is -0.141.